The predicted octanol–water partition coefficient (Wildman–Crippen LogP) is 4.75. The van der Waals surface area contributed by atoms with Crippen LogP contribution in [0.2, 0.25) is 5.02 Å². The lowest BCUT2D eigenvalue weighted by Gasteiger charge is -2.35. The Morgan fingerprint density at radius 1 is 1.06 bits per heavy atom. The number of esters is 2. The number of urea groups is 1. The summed E-state index contributed by atoms with van der Waals surface area (Å²) in [5, 5.41) is 3.26. The van der Waals surface area contributed by atoms with Crippen LogP contribution in [0.5, 0.6) is 0 Å². The lowest BCUT2D eigenvalue weighted by atomic mass is 9.94. The van der Waals surface area contributed by atoms with Gasteiger partial charge in [0.1, 0.15) is 5.70 Å². The molecule has 1 unspecified atom stereocenters. The van der Waals surface area contributed by atoms with Crippen LogP contribution in [0.1, 0.15) is 25.5 Å². The van der Waals surface area contributed by atoms with Crippen LogP contribution in [0.3, 0.4) is 0 Å². The molecule has 1 aliphatic rings. The molecule has 0 saturated carbocycles. The molecule has 0 saturated heterocycles. The summed E-state index contributed by atoms with van der Waals surface area (Å²) < 4.78 is 11.2. The van der Waals surface area contributed by atoms with Gasteiger partial charge in [-0.25, -0.2) is 14.4 Å². The van der Waals surface area contributed by atoms with Gasteiger partial charge in [-0.2, -0.15) is 0 Å². The number of nitrogens with one attached hydrogen (secondary N) is 1. The van der Waals surface area contributed by atoms with E-state index in [2.05, 4.69) is 21.2 Å². The second kappa shape index (κ2) is 9.98. The van der Waals surface area contributed by atoms with Gasteiger partial charge in [0.25, 0.3) is 0 Å². The minimum atomic E-state index is -0.910. The molecule has 31 heavy (non-hydrogen) atoms. The van der Waals surface area contributed by atoms with E-state index in [-0.39, 0.29) is 24.5 Å². The number of amides is 2. The summed E-state index contributed by atoms with van der Waals surface area (Å²) in [7, 11) is 0. The SMILES string of the molecule is CCOC(=O)C1=C(C(=O)OCC)N(c2ccc(Cl)cc2)C(=O)NC1c1cccc(Br)c1. The number of anilines is 1. The monoisotopic (exact) mass is 506 g/mol. The molecule has 1 heterocycles. The van der Waals surface area contributed by atoms with Gasteiger partial charge < -0.3 is 14.8 Å². The van der Waals surface area contributed by atoms with Crippen molar-refractivity contribution in [3.05, 3.63) is 74.9 Å². The van der Waals surface area contributed by atoms with E-state index in [1.54, 1.807) is 56.3 Å². The standard InChI is InChI=1S/C22H20BrClN2O5/c1-3-30-20(27)17-18(13-6-5-7-14(23)12-13)25-22(29)26(19(17)21(28)31-4-2)16-10-8-15(24)9-11-16/h5-12,18H,3-4H2,1-2H3,(H,25,29). The van der Waals surface area contributed by atoms with Crippen LogP contribution in [-0.4, -0.2) is 31.2 Å². The number of rotatable bonds is 6. The topological polar surface area (TPSA) is 84.9 Å². The van der Waals surface area contributed by atoms with Crippen molar-refractivity contribution in [1.29, 1.82) is 0 Å². The molecule has 2 aromatic carbocycles. The summed E-state index contributed by atoms with van der Waals surface area (Å²) in [6, 6.07) is 11.9. The number of carbonyl (C=O) groups excluding carboxylic acids is 3. The quantitative estimate of drug-likeness (QED) is 0.570. The maximum Gasteiger partial charge on any atom is 0.356 e. The molecule has 2 amide bonds. The van der Waals surface area contributed by atoms with E-state index in [9.17, 15) is 14.4 Å². The van der Waals surface area contributed by atoms with Crippen molar-refractivity contribution in [2.45, 2.75) is 19.9 Å². The Balaban J connectivity index is 2.27. The molecule has 0 fully saturated rings. The van der Waals surface area contributed by atoms with Gasteiger partial charge in [0.05, 0.1) is 30.5 Å². The molecule has 3 rings (SSSR count). The van der Waals surface area contributed by atoms with Gasteiger partial charge in [-0.15, -0.1) is 0 Å². The van der Waals surface area contributed by atoms with Gasteiger partial charge in [0.2, 0.25) is 0 Å². The minimum absolute atomic E-state index is 0.0204. The molecule has 1 atom stereocenters. The van der Waals surface area contributed by atoms with E-state index >= 15 is 0 Å². The van der Waals surface area contributed by atoms with Gasteiger partial charge in [0.15, 0.2) is 0 Å². The van der Waals surface area contributed by atoms with Crippen molar-refractivity contribution in [2.24, 2.45) is 0 Å². The van der Waals surface area contributed by atoms with Crippen LogP contribution in [0.15, 0.2) is 64.3 Å². The number of ether oxygens (including phenoxy) is 2. The first kappa shape index (κ1) is 22.8. The number of carbonyl (C=O) groups is 3. The molecule has 0 aromatic heterocycles. The van der Waals surface area contributed by atoms with Gasteiger partial charge in [-0.05, 0) is 55.8 Å². The van der Waals surface area contributed by atoms with Crippen LogP contribution in [0.4, 0.5) is 10.5 Å². The van der Waals surface area contributed by atoms with Crippen LogP contribution >= 0.6 is 27.5 Å². The highest BCUT2D eigenvalue weighted by molar-refractivity contribution is 9.10. The summed E-state index contributed by atoms with van der Waals surface area (Å²) in [5.41, 5.74) is 0.729. The summed E-state index contributed by atoms with van der Waals surface area (Å²) in [6.07, 6.45) is 0. The molecule has 2 aromatic rings. The molecule has 0 bridgehead atoms. The first-order valence-corrected chi connectivity index (χ1v) is 10.7. The molecule has 1 N–H and O–H groups in total. The Morgan fingerprint density at radius 2 is 1.71 bits per heavy atom. The van der Waals surface area contributed by atoms with Crippen molar-refractivity contribution >= 4 is 51.2 Å². The summed E-state index contributed by atoms with van der Waals surface area (Å²) >= 11 is 9.37. The second-order valence-electron chi connectivity index (χ2n) is 6.45. The zero-order valence-electron chi connectivity index (χ0n) is 16.9. The van der Waals surface area contributed by atoms with Crippen molar-refractivity contribution in [3.8, 4) is 0 Å². The fourth-order valence-corrected chi connectivity index (χ4v) is 3.76. The fourth-order valence-electron chi connectivity index (χ4n) is 3.22. The van der Waals surface area contributed by atoms with Gasteiger partial charge in [-0.1, -0.05) is 39.7 Å². The predicted molar refractivity (Wildman–Crippen MR) is 120 cm³/mol. The molecule has 9 heteroatoms. The fraction of sp³-hybridized carbons (Fsp3) is 0.227. The van der Waals surface area contributed by atoms with Crippen molar-refractivity contribution in [3.63, 3.8) is 0 Å². The average molecular weight is 508 g/mol. The Hall–Kier alpha value is -2.84. The van der Waals surface area contributed by atoms with Crippen molar-refractivity contribution < 1.29 is 23.9 Å². The average Bonchev–Trinajstić information content (AvgIpc) is 2.74. The number of hydrogen-bond acceptors (Lipinski definition) is 5. The van der Waals surface area contributed by atoms with Crippen molar-refractivity contribution in [1.82, 2.24) is 5.32 Å². The number of nitrogens with zero attached hydrogens (tertiary/aromatic N) is 1. The largest absolute Gasteiger partial charge is 0.463 e. The Morgan fingerprint density at radius 3 is 2.32 bits per heavy atom. The summed E-state index contributed by atoms with van der Waals surface area (Å²) in [6.45, 7) is 3.47. The molecule has 0 radical (unpaired) electrons. The van der Waals surface area contributed by atoms with E-state index in [1.807, 2.05) is 6.07 Å². The lowest BCUT2D eigenvalue weighted by Crippen LogP contribution is -2.51. The Bertz CT molecular complexity index is 1040. The Kier molecular flexibility index (Phi) is 7.35. The zero-order valence-corrected chi connectivity index (χ0v) is 19.2. The number of benzene rings is 2. The highest BCUT2D eigenvalue weighted by Crippen LogP contribution is 2.36. The normalized spacial score (nSPS) is 16.1. The van der Waals surface area contributed by atoms with Crippen LogP contribution in [0.25, 0.3) is 0 Å². The van der Waals surface area contributed by atoms with Crippen LogP contribution < -0.4 is 10.2 Å². The third-order valence-electron chi connectivity index (χ3n) is 4.47. The minimum Gasteiger partial charge on any atom is -0.463 e. The third kappa shape index (κ3) is 4.91. The van der Waals surface area contributed by atoms with E-state index < -0.39 is 24.0 Å². The maximum absolute atomic E-state index is 13.2. The van der Waals surface area contributed by atoms with E-state index in [0.717, 1.165) is 9.37 Å². The summed E-state index contributed by atoms with van der Waals surface area (Å²) in [5.74, 6) is -1.54. The molecule has 7 nitrogen and oxygen atoms in total. The zero-order chi connectivity index (χ0) is 22.5. The van der Waals surface area contributed by atoms with Crippen LogP contribution in [-0.2, 0) is 19.1 Å². The second-order valence-corrected chi connectivity index (χ2v) is 7.80. The number of hydrogen-bond donors (Lipinski definition) is 1. The van der Waals surface area contributed by atoms with E-state index in [4.69, 9.17) is 21.1 Å². The first-order valence-electron chi connectivity index (χ1n) is 9.57. The molecular weight excluding hydrogens is 488 g/mol. The smallest absolute Gasteiger partial charge is 0.356 e. The van der Waals surface area contributed by atoms with Crippen molar-refractivity contribution in [2.75, 3.05) is 18.1 Å². The lowest BCUT2D eigenvalue weighted by molar-refractivity contribution is -0.142. The molecule has 162 valence electrons. The highest BCUT2D eigenvalue weighted by Gasteiger charge is 2.42. The van der Waals surface area contributed by atoms with Gasteiger partial charge in [0, 0.05) is 9.50 Å². The van der Waals surface area contributed by atoms with E-state index in [1.165, 1.54) is 0 Å². The molecule has 0 aliphatic carbocycles. The van der Waals surface area contributed by atoms with Gasteiger partial charge >= 0.3 is 18.0 Å². The molecule has 0 spiro atoms. The van der Waals surface area contributed by atoms with Gasteiger partial charge in [-0.3, -0.25) is 4.90 Å². The highest BCUT2D eigenvalue weighted by atomic mass is 79.9. The molecular formula is C22H20BrClN2O5. The Labute approximate surface area is 193 Å². The third-order valence-corrected chi connectivity index (χ3v) is 5.21. The van der Waals surface area contributed by atoms with Crippen LogP contribution in [0, 0.1) is 0 Å². The summed E-state index contributed by atoms with van der Waals surface area (Å²) in [4.78, 5) is 40.3. The van der Waals surface area contributed by atoms with E-state index in [0.29, 0.717) is 16.3 Å². The molecule has 1 aliphatic heterocycles. The maximum atomic E-state index is 13.2. The first-order chi connectivity index (χ1) is 14.9. The number of halogens is 2.